The van der Waals surface area contributed by atoms with Crippen molar-refractivity contribution in [3.8, 4) is 5.75 Å². The fourth-order valence-corrected chi connectivity index (χ4v) is 4.91. The molecule has 1 unspecified atom stereocenters. The van der Waals surface area contributed by atoms with Crippen molar-refractivity contribution in [2.75, 3.05) is 13.2 Å². The molecule has 4 aromatic carbocycles. The highest BCUT2D eigenvalue weighted by molar-refractivity contribution is 9.10. The molecule has 0 saturated heterocycles. The van der Waals surface area contributed by atoms with Crippen LogP contribution in [-0.4, -0.2) is 35.9 Å². The first-order valence-corrected chi connectivity index (χ1v) is 13.7. The Balaban J connectivity index is 1.61. The number of carbonyl (C=O) groups is 2. The molecule has 0 spiro atoms. The number of hydrogen-bond acceptors (Lipinski definition) is 3. The van der Waals surface area contributed by atoms with Crippen LogP contribution in [0.3, 0.4) is 0 Å². The maximum atomic E-state index is 13.8. The zero-order valence-electron chi connectivity index (χ0n) is 21.8. The number of nitrogens with one attached hydrogen (secondary N) is 1. The van der Waals surface area contributed by atoms with Crippen molar-refractivity contribution in [3.05, 3.63) is 113 Å². The predicted octanol–water partition coefficient (Wildman–Crippen LogP) is 6.39. The van der Waals surface area contributed by atoms with Gasteiger partial charge in [-0.3, -0.25) is 9.59 Å². The third-order valence-electron chi connectivity index (χ3n) is 6.33. The van der Waals surface area contributed by atoms with E-state index >= 15 is 0 Å². The van der Waals surface area contributed by atoms with Crippen LogP contribution in [0, 0.1) is 5.92 Å². The highest BCUT2D eigenvalue weighted by atomic mass is 79.9. The molecule has 196 valence electrons. The molecule has 4 rings (SSSR count). The third-order valence-corrected chi connectivity index (χ3v) is 7.15. The summed E-state index contributed by atoms with van der Waals surface area (Å²) < 4.78 is 6.83. The quantitative estimate of drug-likeness (QED) is 0.226. The molecule has 38 heavy (non-hydrogen) atoms. The topological polar surface area (TPSA) is 58.6 Å². The number of nitrogens with zero attached hydrogens (tertiary/aromatic N) is 1. The van der Waals surface area contributed by atoms with Crippen molar-refractivity contribution in [3.63, 3.8) is 0 Å². The lowest BCUT2D eigenvalue weighted by molar-refractivity contribution is -0.142. The van der Waals surface area contributed by atoms with Crippen LogP contribution in [0.15, 0.2) is 102 Å². The van der Waals surface area contributed by atoms with Gasteiger partial charge in [-0.05, 0) is 49.8 Å². The number of benzene rings is 4. The summed E-state index contributed by atoms with van der Waals surface area (Å²) in [6.45, 7) is 4.75. The summed E-state index contributed by atoms with van der Waals surface area (Å²) in [6.07, 6.45) is 0.406. The minimum atomic E-state index is -0.687. The monoisotopic (exact) mass is 572 g/mol. The largest absolute Gasteiger partial charge is 0.483 e. The van der Waals surface area contributed by atoms with Crippen molar-refractivity contribution >= 4 is 38.5 Å². The van der Waals surface area contributed by atoms with E-state index in [9.17, 15) is 9.59 Å². The van der Waals surface area contributed by atoms with Gasteiger partial charge in [0.15, 0.2) is 6.61 Å². The zero-order chi connectivity index (χ0) is 26.9. The second-order valence-corrected chi connectivity index (χ2v) is 10.5. The highest BCUT2D eigenvalue weighted by Crippen LogP contribution is 2.33. The Morgan fingerprint density at radius 1 is 0.842 bits per heavy atom. The molecule has 5 nitrogen and oxygen atoms in total. The SMILES string of the molecule is CC(C)CNC(=O)C(Cc1ccccc1)N(Cc1ccccc1)C(=O)COc1ccc2ccccc2c1Br. The smallest absolute Gasteiger partial charge is 0.261 e. The Hall–Kier alpha value is -3.64. The molecule has 0 bridgehead atoms. The van der Waals surface area contributed by atoms with Crippen LogP contribution in [0.1, 0.15) is 25.0 Å². The molecule has 1 atom stereocenters. The third kappa shape index (κ3) is 7.23. The highest BCUT2D eigenvalue weighted by Gasteiger charge is 2.30. The first-order chi connectivity index (χ1) is 18.4. The van der Waals surface area contributed by atoms with Gasteiger partial charge in [0.2, 0.25) is 5.91 Å². The van der Waals surface area contributed by atoms with Gasteiger partial charge in [0.05, 0.1) is 4.47 Å². The molecule has 2 amide bonds. The molecule has 0 radical (unpaired) electrons. The first-order valence-electron chi connectivity index (χ1n) is 12.9. The maximum absolute atomic E-state index is 13.8. The minimum absolute atomic E-state index is 0.168. The van der Waals surface area contributed by atoms with E-state index in [0.717, 1.165) is 26.4 Å². The van der Waals surface area contributed by atoms with Crippen molar-refractivity contribution in [1.82, 2.24) is 10.2 Å². The van der Waals surface area contributed by atoms with Gasteiger partial charge in [0, 0.05) is 19.5 Å². The molecule has 6 heteroatoms. The van der Waals surface area contributed by atoms with Crippen LogP contribution in [0.4, 0.5) is 0 Å². The summed E-state index contributed by atoms with van der Waals surface area (Å²) in [4.78, 5) is 28.9. The van der Waals surface area contributed by atoms with E-state index in [-0.39, 0.29) is 18.4 Å². The second kappa shape index (κ2) is 13.2. The van der Waals surface area contributed by atoms with E-state index in [1.165, 1.54) is 0 Å². The van der Waals surface area contributed by atoms with Crippen LogP contribution in [-0.2, 0) is 22.6 Å². The van der Waals surface area contributed by atoms with E-state index < -0.39 is 6.04 Å². The number of halogens is 1. The first kappa shape index (κ1) is 27.4. The number of ether oxygens (including phenoxy) is 1. The van der Waals surface area contributed by atoms with Crippen LogP contribution < -0.4 is 10.1 Å². The molecule has 1 N–H and O–H groups in total. The molecule has 0 aliphatic heterocycles. The molecular formula is C32H33BrN2O3. The van der Waals surface area contributed by atoms with Gasteiger partial charge in [-0.1, -0.05) is 105 Å². The van der Waals surface area contributed by atoms with Gasteiger partial charge in [0.1, 0.15) is 11.8 Å². The van der Waals surface area contributed by atoms with Gasteiger partial charge < -0.3 is 15.0 Å². The lowest BCUT2D eigenvalue weighted by Crippen LogP contribution is -2.52. The Kier molecular flexibility index (Phi) is 9.55. The fraction of sp³-hybridized carbons (Fsp3) is 0.250. The molecule has 0 aromatic heterocycles. The molecule has 0 heterocycles. The summed E-state index contributed by atoms with van der Waals surface area (Å²) in [5, 5.41) is 5.13. The van der Waals surface area contributed by atoms with E-state index in [4.69, 9.17) is 4.74 Å². The summed E-state index contributed by atoms with van der Waals surface area (Å²) >= 11 is 3.64. The summed E-state index contributed by atoms with van der Waals surface area (Å²) in [7, 11) is 0. The standard InChI is InChI=1S/C32H33BrN2O3/c1-23(2)20-34-32(37)28(19-24-11-5-3-6-12-24)35(21-25-13-7-4-8-14-25)30(36)22-38-29-18-17-26-15-9-10-16-27(26)31(29)33/h3-18,23,28H,19-22H2,1-2H3,(H,34,37). The number of amides is 2. The number of fused-ring (bicyclic) bond motifs is 1. The van der Waals surface area contributed by atoms with E-state index in [2.05, 4.69) is 35.1 Å². The summed E-state index contributed by atoms with van der Waals surface area (Å²) in [6, 6.07) is 30.7. The van der Waals surface area contributed by atoms with Gasteiger partial charge in [0.25, 0.3) is 5.91 Å². The van der Waals surface area contributed by atoms with Gasteiger partial charge in [-0.2, -0.15) is 0 Å². The average Bonchev–Trinajstić information content (AvgIpc) is 2.94. The van der Waals surface area contributed by atoms with E-state index in [1.54, 1.807) is 4.90 Å². The lowest BCUT2D eigenvalue weighted by atomic mass is 10.0. The minimum Gasteiger partial charge on any atom is -0.483 e. The molecule has 0 fully saturated rings. The average molecular weight is 574 g/mol. The van der Waals surface area contributed by atoms with E-state index in [0.29, 0.717) is 31.2 Å². The molecule has 0 saturated carbocycles. The molecular weight excluding hydrogens is 540 g/mol. The number of carbonyl (C=O) groups excluding carboxylic acids is 2. The predicted molar refractivity (Wildman–Crippen MR) is 156 cm³/mol. The molecule has 0 aliphatic rings. The Bertz CT molecular complexity index is 1360. The van der Waals surface area contributed by atoms with Gasteiger partial charge >= 0.3 is 0 Å². The molecule has 0 aliphatic carbocycles. The number of hydrogen-bond donors (Lipinski definition) is 1. The van der Waals surface area contributed by atoms with Crippen LogP contribution >= 0.6 is 15.9 Å². The van der Waals surface area contributed by atoms with Crippen molar-refractivity contribution in [2.45, 2.75) is 32.9 Å². The van der Waals surface area contributed by atoms with Gasteiger partial charge in [-0.25, -0.2) is 0 Å². The Morgan fingerprint density at radius 2 is 1.47 bits per heavy atom. The number of rotatable bonds is 11. The Labute approximate surface area is 232 Å². The van der Waals surface area contributed by atoms with E-state index in [1.807, 2.05) is 97.1 Å². The second-order valence-electron chi connectivity index (χ2n) is 9.74. The van der Waals surface area contributed by atoms with Crippen molar-refractivity contribution in [2.24, 2.45) is 5.92 Å². The van der Waals surface area contributed by atoms with Crippen molar-refractivity contribution in [1.29, 1.82) is 0 Å². The lowest BCUT2D eigenvalue weighted by Gasteiger charge is -2.31. The maximum Gasteiger partial charge on any atom is 0.261 e. The van der Waals surface area contributed by atoms with Crippen LogP contribution in [0.25, 0.3) is 10.8 Å². The van der Waals surface area contributed by atoms with Crippen molar-refractivity contribution < 1.29 is 14.3 Å². The summed E-state index contributed by atoms with van der Waals surface area (Å²) in [5.41, 5.74) is 1.93. The van der Waals surface area contributed by atoms with Crippen LogP contribution in [0.5, 0.6) is 5.75 Å². The summed E-state index contributed by atoms with van der Waals surface area (Å²) in [5.74, 6) is 0.456. The zero-order valence-corrected chi connectivity index (χ0v) is 23.4. The Morgan fingerprint density at radius 3 is 2.16 bits per heavy atom. The van der Waals surface area contributed by atoms with Crippen LogP contribution in [0.2, 0.25) is 0 Å². The molecule has 4 aromatic rings. The fourth-order valence-electron chi connectivity index (χ4n) is 4.30. The van der Waals surface area contributed by atoms with Gasteiger partial charge in [-0.15, -0.1) is 0 Å². The normalized spacial score (nSPS) is 11.8.